The molecule has 10 nitrogen and oxygen atoms in total. The van der Waals surface area contributed by atoms with E-state index in [0.29, 0.717) is 30.3 Å². The maximum absolute atomic E-state index is 12.9. The molecule has 0 saturated carbocycles. The molecule has 2 aromatic rings. The molecule has 0 radical (unpaired) electrons. The summed E-state index contributed by atoms with van der Waals surface area (Å²) in [6.45, 7) is 12.9. The first kappa shape index (κ1) is 33.1. The van der Waals surface area contributed by atoms with E-state index in [1.807, 2.05) is 30.3 Å². The van der Waals surface area contributed by atoms with Crippen molar-refractivity contribution in [1.82, 2.24) is 5.32 Å². The predicted octanol–water partition coefficient (Wildman–Crippen LogP) is 4.96. The third-order valence-corrected chi connectivity index (χ3v) is 10.9. The lowest BCUT2D eigenvalue weighted by atomic mass is 10.00. The van der Waals surface area contributed by atoms with E-state index in [1.165, 1.54) is 0 Å². The fraction of sp³-hybridized carbons (Fsp3) is 0.517. The normalized spacial score (nSPS) is 13.2. The molecule has 2 atom stereocenters. The van der Waals surface area contributed by atoms with Gasteiger partial charge in [-0.1, -0.05) is 51.1 Å². The van der Waals surface area contributed by atoms with Gasteiger partial charge in [-0.15, -0.1) is 0 Å². The summed E-state index contributed by atoms with van der Waals surface area (Å²) in [7, 11) is -0.833. The Morgan fingerprint density at radius 3 is 2.35 bits per heavy atom. The second kappa shape index (κ2) is 15.6. The highest BCUT2D eigenvalue weighted by molar-refractivity contribution is 6.74. The van der Waals surface area contributed by atoms with Crippen molar-refractivity contribution in [1.29, 1.82) is 0 Å². The van der Waals surface area contributed by atoms with Gasteiger partial charge in [0.25, 0.3) is 0 Å². The number of carbonyl (C=O) groups is 2. The van der Waals surface area contributed by atoms with E-state index in [9.17, 15) is 14.7 Å². The average molecular weight is 578 g/mol. The molecule has 1 amide bonds. The highest BCUT2D eigenvalue weighted by atomic mass is 28.4. The molecule has 0 bridgehead atoms. The van der Waals surface area contributed by atoms with Crippen LogP contribution in [0.2, 0.25) is 18.1 Å². The quantitative estimate of drug-likeness (QED) is 0.131. The topological polar surface area (TPSA) is 122 Å². The van der Waals surface area contributed by atoms with Gasteiger partial charge in [0.2, 0.25) is 8.32 Å². The van der Waals surface area contributed by atoms with Gasteiger partial charge in [0.05, 0.1) is 25.9 Å². The monoisotopic (exact) mass is 577 g/mol. The highest BCUT2D eigenvalue weighted by Crippen LogP contribution is 2.41. The molecule has 222 valence electrons. The third-order valence-electron chi connectivity index (χ3n) is 6.56. The minimum absolute atomic E-state index is 0.0120. The summed E-state index contributed by atoms with van der Waals surface area (Å²) >= 11 is 0. The van der Waals surface area contributed by atoms with Crippen LogP contribution in [0.25, 0.3) is 0 Å². The number of hydrogen-bond donors (Lipinski definition) is 2. The van der Waals surface area contributed by atoms with Gasteiger partial charge in [-0.3, -0.25) is 0 Å². The van der Waals surface area contributed by atoms with Crippen LogP contribution in [0.4, 0.5) is 4.79 Å². The average Bonchev–Trinajstić information content (AvgIpc) is 2.90. The molecule has 0 heterocycles. The molecule has 0 aromatic heterocycles. The Bertz CT molecular complexity index is 1070. The first-order valence-electron chi connectivity index (χ1n) is 13.2. The SMILES string of the molecule is CCOC(=O)[C@H](O)[C@@H](NC(=O)OCc1ccccc1)c1ccc(OCOCCOC)cc1O[Si](C)(C)C(C)(C)C. The number of rotatable bonds is 15. The number of aliphatic hydroxyl groups excluding tert-OH is 1. The number of esters is 1. The summed E-state index contributed by atoms with van der Waals surface area (Å²) in [6, 6.07) is 12.9. The smallest absolute Gasteiger partial charge is 0.408 e. The zero-order valence-electron chi connectivity index (χ0n) is 24.5. The second-order valence-electron chi connectivity index (χ2n) is 10.6. The lowest BCUT2D eigenvalue weighted by molar-refractivity contribution is -0.154. The van der Waals surface area contributed by atoms with E-state index in [2.05, 4.69) is 39.2 Å². The first-order valence-corrected chi connectivity index (χ1v) is 16.1. The fourth-order valence-corrected chi connectivity index (χ4v) is 4.30. The lowest BCUT2D eigenvalue weighted by Gasteiger charge is -2.38. The molecule has 11 heteroatoms. The van der Waals surface area contributed by atoms with Crippen LogP contribution in [0.5, 0.6) is 11.5 Å². The number of aliphatic hydroxyl groups is 1. The molecule has 2 N–H and O–H groups in total. The molecule has 40 heavy (non-hydrogen) atoms. The lowest BCUT2D eigenvalue weighted by Crippen LogP contribution is -2.45. The van der Waals surface area contributed by atoms with Gasteiger partial charge in [0.1, 0.15) is 18.1 Å². The molecule has 0 aliphatic rings. The number of amides is 1. The maximum Gasteiger partial charge on any atom is 0.408 e. The Labute approximate surface area is 238 Å². The zero-order valence-corrected chi connectivity index (χ0v) is 25.5. The molecule has 2 aromatic carbocycles. The van der Waals surface area contributed by atoms with Gasteiger partial charge in [0, 0.05) is 18.7 Å². The van der Waals surface area contributed by atoms with E-state index in [0.717, 1.165) is 5.56 Å². The molecular formula is C29H43NO9Si. The number of ether oxygens (including phenoxy) is 5. The summed E-state index contributed by atoms with van der Waals surface area (Å²) in [5.74, 6) is -0.0791. The molecule has 2 rings (SSSR count). The maximum atomic E-state index is 12.9. The van der Waals surface area contributed by atoms with Crippen LogP contribution in [0.1, 0.15) is 44.9 Å². The first-order chi connectivity index (χ1) is 18.9. The van der Waals surface area contributed by atoms with Gasteiger partial charge in [0.15, 0.2) is 12.9 Å². The van der Waals surface area contributed by atoms with E-state index in [1.54, 1.807) is 32.2 Å². The Balaban J connectivity index is 2.41. The minimum Gasteiger partial charge on any atom is -0.543 e. The van der Waals surface area contributed by atoms with Gasteiger partial charge in [-0.2, -0.15) is 0 Å². The number of benzene rings is 2. The molecule has 0 unspecified atom stereocenters. The van der Waals surface area contributed by atoms with E-state index < -0.39 is 32.5 Å². The summed E-state index contributed by atoms with van der Waals surface area (Å²) in [4.78, 5) is 25.5. The predicted molar refractivity (Wildman–Crippen MR) is 153 cm³/mol. The van der Waals surface area contributed by atoms with E-state index in [4.69, 9.17) is 28.1 Å². The van der Waals surface area contributed by atoms with Crippen LogP contribution in [0, 0.1) is 0 Å². The highest BCUT2D eigenvalue weighted by Gasteiger charge is 2.41. The number of methoxy groups -OCH3 is 1. The zero-order chi connectivity index (χ0) is 29.8. The Morgan fingerprint density at radius 1 is 1.02 bits per heavy atom. The molecule has 0 spiro atoms. The number of hydrogen-bond acceptors (Lipinski definition) is 9. The Hall–Kier alpha value is -3.12. The van der Waals surface area contributed by atoms with Crippen molar-refractivity contribution in [2.75, 3.05) is 33.7 Å². The largest absolute Gasteiger partial charge is 0.543 e. The molecular weight excluding hydrogens is 534 g/mol. The van der Waals surface area contributed by atoms with Gasteiger partial charge >= 0.3 is 12.1 Å². The summed E-state index contributed by atoms with van der Waals surface area (Å²) in [5.41, 5.74) is 1.16. The standard InChI is InChI=1S/C29H43NO9Si/c1-8-36-27(32)26(31)25(30-28(33)37-19-21-12-10-9-11-13-21)23-15-14-22(38-20-35-17-16-34-5)18-24(23)39-40(6,7)29(2,3)4/h9-15,18,25-26,31H,8,16-17,19-20H2,1-7H3,(H,30,33)/t25-,26+/m0/s1. The van der Waals surface area contributed by atoms with Crippen molar-refractivity contribution in [3.05, 3.63) is 59.7 Å². The van der Waals surface area contributed by atoms with Crippen LogP contribution in [0.15, 0.2) is 48.5 Å². The molecule has 0 aliphatic carbocycles. The second-order valence-corrected chi connectivity index (χ2v) is 15.3. The number of nitrogens with one attached hydrogen (secondary N) is 1. The minimum atomic E-state index is -2.42. The van der Waals surface area contributed by atoms with Crippen LogP contribution in [0.3, 0.4) is 0 Å². The van der Waals surface area contributed by atoms with Gasteiger partial charge in [-0.05, 0) is 42.8 Å². The third kappa shape index (κ3) is 10.1. The number of alkyl carbamates (subject to hydrolysis) is 1. The fourth-order valence-electron chi connectivity index (χ4n) is 3.27. The summed E-state index contributed by atoms with van der Waals surface area (Å²) < 4.78 is 33.2. The van der Waals surface area contributed by atoms with Crippen molar-refractivity contribution in [2.24, 2.45) is 0 Å². The van der Waals surface area contributed by atoms with Crippen LogP contribution in [-0.2, 0) is 30.3 Å². The van der Waals surface area contributed by atoms with Crippen LogP contribution >= 0.6 is 0 Å². The van der Waals surface area contributed by atoms with Crippen molar-refractivity contribution in [3.8, 4) is 11.5 Å². The molecule has 0 saturated heterocycles. The van der Waals surface area contributed by atoms with Crippen molar-refractivity contribution < 1.29 is 42.8 Å². The summed E-state index contributed by atoms with van der Waals surface area (Å²) in [6.07, 6.45) is -2.54. The Morgan fingerprint density at radius 2 is 1.73 bits per heavy atom. The Kier molecular flexibility index (Phi) is 12.9. The summed E-state index contributed by atoms with van der Waals surface area (Å²) in [5, 5.41) is 13.5. The van der Waals surface area contributed by atoms with Crippen molar-refractivity contribution in [2.45, 2.75) is 64.6 Å². The van der Waals surface area contributed by atoms with Gasteiger partial charge < -0.3 is 38.5 Å². The number of carbonyl (C=O) groups excluding carboxylic acids is 2. The van der Waals surface area contributed by atoms with Crippen LogP contribution < -0.4 is 14.5 Å². The van der Waals surface area contributed by atoms with E-state index in [-0.39, 0.29) is 25.0 Å². The molecule has 0 aliphatic heterocycles. The van der Waals surface area contributed by atoms with Crippen molar-refractivity contribution >= 4 is 20.4 Å². The van der Waals surface area contributed by atoms with E-state index >= 15 is 0 Å². The van der Waals surface area contributed by atoms with Crippen molar-refractivity contribution in [3.63, 3.8) is 0 Å². The van der Waals surface area contributed by atoms with Crippen LogP contribution in [-0.4, -0.2) is 65.3 Å². The molecule has 0 fully saturated rings. The van der Waals surface area contributed by atoms with Gasteiger partial charge in [-0.25, -0.2) is 9.59 Å².